The van der Waals surface area contributed by atoms with Crippen molar-refractivity contribution in [1.82, 2.24) is 20.1 Å². The highest BCUT2D eigenvalue weighted by atomic mass is 16.6. The number of amides is 3. The number of hydrogen-bond donors (Lipinski definition) is 3. The van der Waals surface area contributed by atoms with Gasteiger partial charge in [-0.3, -0.25) is 20.0 Å². The zero-order chi connectivity index (χ0) is 24.2. The van der Waals surface area contributed by atoms with E-state index in [0.29, 0.717) is 23.6 Å². The Morgan fingerprint density at radius 3 is 2.74 bits per heavy atom. The van der Waals surface area contributed by atoms with Crippen molar-refractivity contribution in [3.8, 4) is 0 Å². The molecule has 1 fully saturated rings. The summed E-state index contributed by atoms with van der Waals surface area (Å²) >= 11 is 0. The first kappa shape index (κ1) is 23.2. The van der Waals surface area contributed by atoms with Crippen molar-refractivity contribution in [2.24, 2.45) is 0 Å². The molecule has 10 heteroatoms. The van der Waals surface area contributed by atoms with Gasteiger partial charge in [0.2, 0.25) is 0 Å². The topological polar surface area (TPSA) is 129 Å². The summed E-state index contributed by atoms with van der Waals surface area (Å²) in [7, 11) is 0. The molecule has 0 radical (unpaired) electrons. The van der Waals surface area contributed by atoms with E-state index in [0.717, 1.165) is 35.7 Å². The summed E-state index contributed by atoms with van der Waals surface area (Å²) in [5, 5.41) is 13.1. The number of hydrogen-bond acceptors (Lipinski definition) is 6. The molecular formula is C24H28N6O4. The van der Waals surface area contributed by atoms with E-state index >= 15 is 0 Å². The second kappa shape index (κ2) is 9.90. The van der Waals surface area contributed by atoms with Crippen molar-refractivity contribution in [3.05, 3.63) is 47.8 Å². The molecule has 3 N–H and O–H groups in total. The number of carbonyl (C=O) groups is 3. The van der Waals surface area contributed by atoms with Crippen molar-refractivity contribution in [3.63, 3.8) is 0 Å². The van der Waals surface area contributed by atoms with Crippen molar-refractivity contribution < 1.29 is 19.1 Å². The second-order valence-electron chi connectivity index (χ2n) is 8.65. The van der Waals surface area contributed by atoms with Crippen molar-refractivity contribution >= 4 is 40.3 Å². The second-order valence-corrected chi connectivity index (χ2v) is 8.65. The van der Waals surface area contributed by atoms with Gasteiger partial charge in [-0.25, -0.2) is 9.78 Å². The van der Waals surface area contributed by atoms with Gasteiger partial charge in [0.25, 0.3) is 0 Å². The number of ether oxygens (including phenoxy) is 1. The Labute approximate surface area is 197 Å². The summed E-state index contributed by atoms with van der Waals surface area (Å²) in [5.74, 6) is -0.990. The van der Waals surface area contributed by atoms with Crippen molar-refractivity contribution in [2.45, 2.75) is 52.2 Å². The standard InChI is InChI=1S/C24H28N6O4/c1-14(2)34-24(33)28-21-15(3)10-18(13-25-21)27-22(31)23(32)30-9-5-4-6-20(30)16-7-8-19-17(11-16)12-26-29-19/h7-8,10-14,20H,4-6,9H2,1-3H3,(H,26,29)(H,27,31)(H,25,28,33). The van der Waals surface area contributed by atoms with E-state index in [2.05, 4.69) is 25.8 Å². The first-order valence-corrected chi connectivity index (χ1v) is 11.3. The van der Waals surface area contributed by atoms with Crippen molar-refractivity contribution in [2.75, 3.05) is 17.2 Å². The van der Waals surface area contributed by atoms with Crippen LogP contribution in [0.15, 0.2) is 36.7 Å². The lowest BCUT2D eigenvalue weighted by molar-refractivity contribution is -0.145. The molecule has 3 amide bonds. The lowest BCUT2D eigenvalue weighted by atomic mass is 9.94. The quantitative estimate of drug-likeness (QED) is 0.502. The number of benzene rings is 1. The monoisotopic (exact) mass is 464 g/mol. The molecule has 1 atom stereocenters. The molecule has 0 bridgehead atoms. The largest absolute Gasteiger partial charge is 0.447 e. The molecule has 34 heavy (non-hydrogen) atoms. The fourth-order valence-electron chi connectivity index (χ4n) is 4.12. The Kier molecular flexibility index (Phi) is 6.76. The Bertz CT molecular complexity index is 1220. The summed E-state index contributed by atoms with van der Waals surface area (Å²) in [4.78, 5) is 43.5. The van der Waals surface area contributed by atoms with Crippen LogP contribution in [0.1, 0.15) is 50.3 Å². The summed E-state index contributed by atoms with van der Waals surface area (Å²) < 4.78 is 5.05. The Balaban J connectivity index is 1.45. The molecule has 1 aromatic carbocycles. The van der Waals surface area contributed by atoms with Crippen LogP contribution in [0.5, 0.6) is 0 Å². The summed E-state index contributed by atoms with van der Waals surface area (Å²) in [6.45, 7) is 5.75. The number of aryl methyl sites for hydroxylation is 1. The molecule has 1 unspecified atom stereocenters. The summed E-state index contributed by atoms with van der Waals surface area (Å²) in [6, 6.07) is 7.39. The lowest BCUT2D eigenvalue weighted by Gasteiger charge is -2.35. The number of rotatable bonds is 4. The van der Waals surface area contributed by atoms with Crippen molar-refractivity contribution in [1.29, 1.82) is 0 Å². The van der Waals surface area contributed by atoms with Gasteiger partial charge in [0.1, 0.15) is 5.82 Å². The number of nitrogens with one attached hydrogen (secondary N) is 3. The molecular weight excluding hydrogens is 436 g/mol. The maximum atomic E-state index is 13.1. The van der Waals surface area contributed by atoms with Gasteiger partial charge < -0.3 is 15.0 Å². The minimum Gasteiger partial charge on any atom is -0.447 e. The smallest absolute Gasteiger partial charge is 0.413 e. The van der Waals surface area contributed by atoms with Crippen LogP contribution in [0.3, 0.4) is 0 Å². The lowest BCUT2D eigenvalue weighted by Crippen LogP contribution is -2.44. The van der Waals surface area contributed by atoms with Gasteiger partial charge in [-0.15, -0.1) is 0 Å². The summed E-state index contributed by atoms with van der Waals surface area (Å²) in [5.41, 5.74) is 2.90. The molecule has 3 aromatic rings. The van der Waals surface area contributed by atoms with Crippen LogP contribution in [0.25, 0.3) is 10.9 Å². The van der Waals surface area contributed by atoms with Crippen LogP contribution < -0.4 is 10.6 Å². The molecule has 1 saturated heterocycles. The van der Waals surface area contributed by atoms with E-state index in [1.807, 2.05) is 18.2 Å². The van der Waals surface area contributed by atoms with Crippen LogP contribution in [-0.4, -0.2) is 50.6 Å². The van der Waals surface area contributed by atoms with Gasteiger partial charge in [-0.2, -0.15) is 5.10 Å². The number of likely N-dealkylation sites (tertiary alicyclic amines) is 1. The third kappa shape index (κ3) is 5.16. The number of aromatic amines is 1. The zero-order valence-corrected chi connectivity index (χ0v) is 19.4. The van der Waals surface area contributed by atoms with Gasteiger partial charge in [0.05, 0.1) is 35.7 Å². The van der Waals surface area contributed by atoms with Crippen LogP contribution >= 0.6 is 0 Å². The Morgan fingerprint density at radius 1 is 1.15 bits per heavy atom. The van der Waals surface area contributed by atoms with E-state index in [-0.39, 0.29) is 12.1 Å². The average molecular weight is 465 g/mol. The maximum Gasteiger partial charge on any atom is 0.413 e. The number of H-pyrrole nitrogens is 1. The molecule has 2 aromatic heterocycles. The number of pyridine rings is 1. The first-order valence-electron chi connectivity index (χ1n) is 11.3. The summed E-state index contributed by atoms with van der Waals surface area (Å²) in [6.07, 6.45) is 4.89. The molecule has 1 aliphatic heterocycles. The van der Waals surface area contributed by atoms with Gasteiger partial charge >= 0.3 is 17.9 Å². The average Bonchev–Trinajstić information content (AvgIpc) is 3.28. The molecule has 1 aliphatic rings. The van der Waals surface area contributed by atoms with E-state index < -0.39 is 17.9 Å². The normalized spacial score (nSPS) is 15.9. The number of aromatic nitrogens is 3. The predicted octanol–water partition coefficient (Wildman–Crippen LogP) is 3.92. The Morgan fingerprint density at radius 2 is 1.97 bits per heavy atom. The highest BCUT2D eigenvalue weighted by molar-refractivity contribution is 6.39. The molecule has 0 saturated carbocycles. The maximum absolute atomic E-state index is 13.1. The number of carbonyl (C=O) groups excluding carboxylic acids is 3. The molecule has 178 valence electrons. The predicted molar refractivity (Wildman–Crippen MR) is 127 cm³/mol. The van der Waals surface area contributed by atoms with Gasteiger partial charge in [0, 0.05) is 11.9 Å². The van der Waals surface area contributed by atoms with E-state index in [1.54, 1.807) is 37.9 Å². The molecule has 0 spiro atoms. The highest BCUT2D eigenvalue weighted by Crippen LogP contribution is 2.32. The molecule has 3 heterocycles. The molecule has 4 rings (SSSR count). The highest BCUT2D eigenvalue weighted by Gasteiger charge is 2.32. The SMILES string of the molecule is Cc1cc(NC(=O)C(=O)N2CCCCC2c2ccc3[nH]ncc3c2)cnc1NC(=O)OC(C)C. The third-order valence-corrected chi connectivity index (χ3v) is 5.71. The third-order valence-electron chi connectivity index (χ3n) is 5.71. The Hall–Kier alpha value is -3.95. The van der Waals surface area contributed by atoms with Gasteiger partial charge in [0.15, 0.2) is 0 Å². The van der Waals surface area contributed by atoms with Gasteiger partial charge in [-0.1, -0.05) is 6.07 Å². The molecule has 10 nitrogen and oxygen atoms in total. The zero-order valence-electron chi connectivity index (χ0n) is 19.4. The van der Waals surface area contributed by atoms with Crippen LogP contribution in [0.4, 0.5) is 16.3 Å². The van der Waals surface area contributed by atoms with E-state index in [9.17, 15) is 14.4 Å². The first-order chi connectivity index (χ1) is 16.3. The number of piperidine rings is 1. The van der Waals surface area contributed by atoms with E-state index in [1.165, 1.54) is 6.20 Å². The van der Waals surface area contributed by atoms with Crippen LogP contribution in [-0.2, 0) is 14.3 Å². The molecule has 0 aliphatic carbocycles. The number of fused-ring (bicyclic) bond motifs is 1. The fourth-order valence-corrected chi connectivity index (χ4v) is 4.12. The number of nitrogens with zero attached hydrogens (tertiary/aromatic N) is 3. The fraction of sp³-hybridized carbons (Fsp3) is 0.375. The van der Waals surface area contributed by atoms with Gasteiger partial charge in [-0.05, 0) is 69.4 Å². The number of anilines is 2. The minimum absolute atomic E-state index is 0.176. The minimum atomic E-state index is -0.725. The van der Waals surface area contributed by atoms with Crippen LogP contribution in [0.2, 0.25) is 0 Å². The van der Waals surface area contributed by atoms with E-state index in [4.69, 9.17) is 4.74 Å². The van der Waals surface area contributed by atoms with Crippen LogP contribution in [0, 0.1) is 6.92 Å².